The van der Waals surface area contributed by atoms with E-state index in [0.717, 1.165) is 25.8 Å². The molecule has 1 heterocycles. The molecule has 0 amide bonds. The van der Waals surface area contributed by atoms with Crippen LogP contribution in [0.1, 0.15) is 46.0 Å². The average molecular weight is 227 g/mol. The van der Waals surface area contributed by atoms with Crippen LogP contribution in [-0.2, 0) is 4.79 Å². The van der Waals surface area contributed by atoms with Crippen LogP contribution < -0.4 is 0 Å². The lowest BCUT2D eigenvalue weighted by molar-refractivity contribution is -0.124. The minimum atomic E-state index is 0.178. The number of nitrogens with zero attached hydrogens (tertiary/aromatic N) is 1. The molecule has 2 atom stereocenters. The molecule has 1 fully saturated rings. The molecule has 0 radical (unpaired) electrons. The second-order valence-electron chi connectivity index (χ2n) is 4.91. The molecule has 0 spiro atoms. The van der Waals surface area contributed by atoms with Crippen molar-refractivity contribution in [1.29, 1.82) is 0 Å². The monoisotopic (exact) mass is 227 g/mol. The summed E-state index contributed by atoms with van der Waals surface area (Å²) in [6.07, 6.45) is 5.30. The fourth-order valence-corrected chi connectivity index (χ4v) is 2.33. The number of carbonyl (C=O) groups is 1. The molecule has 0 aromatic carbocycles. The van der Waals surface area contributed by atoms with Gasteiger partial charge in [-0.05, 0) is 32.2 Å². The van der Waals surface area contributed by atoms with E-state index in [1.54, 1.807) is 0 Å². The molecular formula is C13H25NO2. The van der Waals surface area contributed by atoms with Gasteiger partial charge in [0.25, 0.3) is 0 Å². The number of aliphatic hydroxyl groups is 1. The van der Waals surface area contributed by atoms with Crippen LogP contribution in [0, 0.1) is 5.92 Å². The fraction of sp³-hybridized carbons (Fsp3) is 0.923. The van der Waals surface area contributed by atoms with E-state index in [1.165, 1.54) is 12.8 Å². The first-order chi connectivity index (χ1) is 7.69. The third-order valence-electron chi connectivity index (χ3n) is 3.73. The molecule has 0 aromatic rings. The van der Waals surface area contributed by atoms with Gasteiger partial charge in [0.15, 0.2) is 0 Å². The maximum Gasteiger partial charge on any atom is 0.149 e. The number of Topliss-reactive ketones (excluding diaryl/α,β-unsaturated/α-hetero) is 1. The smallest absolute Gasteiger partial charge is 0.149 e. The van der Waals surface area contributed by atoms with Gasteiger partial charge in [-0.2, -0.15) is 0 Å². The van der Waals surface area contributed by atoms with Gasteiger partial charge in [-0.1, -0.05) is 20.3 Å². The highest BCUT2D eigenvalue weighted by Crippen LogP contribution is 2.20. The average Bonchev–Trinajstić information content (AvgIpc) is 2.31. The van der Waals surface area contributed by atoms with Crippen LogP contribution in [0.3, 0.4) is 0 Å². The first kappa shape index (κ1) is 13.7. The van der Waals surface area contributed by atoms with Crippen LogP contribution in [0.25, 0.3) is 0 Å². The summed E-state index contributed by atoms with van der Waals surface area (Å²) in [6.45, 7) is 5.91. The van der Waals surface area contributed by atoms with Crippen molar-refractivity contribution >= 4 is 5.78 Å². The van der Waals surface area contributed by atoms with Crippen molar-refractivity contribution in [2.45, 2.75) is 52.0 Å². The number of ketones is 1. The van der Waals surface area contributed by atoms with Crippen LogP contribution in [0.15, 0.2) is 0 Å². The lowest BCUT2D eigenvalue weighted by Crippen LogP contribution is -2.44. The molecule has 0 aromatic heterocycles. The Bertz CT molecular complexity index is 216. The highest BCUT2D eigenvalue weighted by Gasteiger charge is 2.24. The van der Waals surface area contributed by atoms with Gasteiger partial charge in [0, 0.05) is 18.6 Å². The quantitative estimate of drug-likeness (QED) is 0.752. The molecule has 1 aliphatic rings. The number of hydrogen-bond acceptors (Lipinski definition) is 3. The van der Waals surface area contributed by atoms with E-state index < -0.39 is 0 Å². The largest absolute Gasteiger partial charge is 0.396 e. The minimum absolute atomic E-state index is 0.178. The standard InChI is InChI=1S/C13H25NO2/c1-3-11(2)13(16)10-14-8-5-4-6-12(14)7-9-15/h11-12,15H,3-10H2,1-2H3. The molecule has 2 unspecified atom stereocenters. The zero-order valence-electron chi connectivity index (χ0n) is 10.6. The van der Waals surface area contributed by atoms with Gasteiger partial charge in [0.1, 0.15) is 5.78 Å². The van der Waals surface area contributed by atoms with Gasteiger partial charge in [-0.15, -0.1) is 0 Å². The van der Waals surface area contributed by atoms with Gasteiger partial charge < -0.3 is 5.11 Å². The van der Waals surface area contributed by atoms with E-state index in [4.69, 9.17) is 5.11 Å². The summed E-state index contributed by atoms with van der Waals surface area (Å²) >= 11 is 0. The Morgan fingerprint density at radius 1 is 1.50 bits per heavy atom. The molecule has 16 heavy (non-hydrogen) atoms. The second kappa shape index (κ2) is 7.02. The first-order valence-corrected chi connectivity index (χ1v) is 6.56. The topological polar surface area (TPSA) is 40.5 Å². The normalized spacial score (nSPS) is 24.3. The molecule has 94 valence electrons. The fourth-order valence-electron chi connectivity index (χ4n) is 2.33. The van der Waals surface area contributed by atoms with Crippen molar-refractivity contribution < 1.29 is 9.90 Å². The zero-order valence-corrected chi connectivity index (χ0v) is 10.6. The Hall–Kier alpha value is -0.410. The summed E-state index contributed by atoms with van der Waals surface area (Å²) in [4.78, 5) is 14.2. The lowest BCUT2D eigenvalue weighted by atomic mass is 9.97. The molecule has 1 rings (SSSR count). The summed E-state index contributed by atoms with van der Waals surface area (Å²) in [5, 5.41) is 9.01. The SMILES string of the molecule is CCC(C)C(=O)CN1CCCCC1CCO. The summed E-state index contributed by atoms with van der Waals surface area (Å²) < 4.78 is 0. The van der Waals surface area contributed by atoms with E-state index in [-0.39, 0.29) is 12.5 Å². The first-order valence-electron chi connectivity index (χ1n) is 6.56. The maximum absolute atomic E-state index is 11.9. The van der Waals surface area contributed by atoms with Crippen LogP contribution in [-0.4, -0.2) is 41.5 Å². The predicted molar refractivity (Wildman–Crippen MR) is 65.4 cm³/mol. The molecule has 0 bridgehead atoms. The number of rotatable bonds is 6. The van der Waals surface area contributed by atoms with E-state index in [0.29, 0.717) is 18.4 Å². The molecular weight excluding hydrogens is 202 g/mol. The molecule has 0 saturated carbocycles. The van der Waals surface area contributed by atoms with E-state index in [2.05, 4.69) is 11.8 Å². The molecule has 1 N–H and O–H groups in total. The summed E-state index contributed by atoms with van der Waals surface area (Å²) in [5.74, 6) is 0.532. The molecule has 1 aliphatic heterocycles. The van der Waals surface area contributed by atoms with Gasteiger partial charge in [0.05, 0.1) is 6.54 Å². The van der Waals surface area contributed by atoms with Crippen molar-refractivity contribution in [1.82, 2.24) is 4.90 Å². The second-order valence-corrected chi connectivity index (χ2v) is 4.91. The van der Waals surface area contributed by atoms with Crippen molar-refractivity contribution in [3.05, 3.63) is 0 Å². The number of carbonyl (C=O) groups excluding carboxylic acids is 1. The van der Waals surface area contributed by atoms with E-state index >= 15 is 0 Å². The Morgan fingerprint density at radius 2 is 2.25 bits per heavy atom. The van der Waals surface area contributed by atoms with Gasteiger partial charge in [-0.3, -0.25) is 9.69 Å². The lowest BCUT2D eigenvalue weighted by Gasteiger charge is -2.35. The van der Waals surface area contributed by atoms with Crippen molar-refractivity contribution in [2.24, 2.45) is 5.92 Å². The third-order valence-corrected chi connectivity index (χ3v) is 3.73. The Balaban J connectivity index is 2.45. The molecule has 1 saturated heterocycles. The maximum atomic E-state index is 11.9. The molecule has 3 nitrogen and oxygen atoms in total. The van der Waals surface area contributed by atoms with Crippen molar-refractivity contribution in [2.75, 3.05) is 19.7 Å². The third kappa shape index (κ3) is 3.87. The zero-order chi connectivity index (χ0) is 12.0. The van der Waals surface area contributed by atoms with E-state index in [1.807, 2.05) is 6.92 Å². The van der Waals surface area contributed by atoms with Crippen LogP contribution in [0.5, 0.6) is 0 Å². The number of hydrogen-bond donors (Lipinski definition) is 1. The van der Waals surface area contributed by atoms with Gasteiger partial charge in [-0.25, -0.2) is 0 Å². The van der Waals surface area contributed by atoms with Crippen molar-refractivity contribution in [3.63, 3.8) is 0 Å². The predicted octanol–water partition coefficient (Wildman–Crippen LogP) is 1.84. The molecule has 0 aliphatic carbocycles. The highest BCUT2D eigenvalue weighted by atomic mass is 16.3. The summed E-state index contributed by atoms with van der Waals surface area (Å²) in [5.41, 5.74) is 0. The Morgan fingerprint density at radius 3 is 2.88 bits per heavy atom. The number of piperidine rings is 1. The highest BCUT2D eigenvalue weighted by molar-refractivity contribution is 5.82. The van der Waals surface area contributed by atoms with Gasteiger partial charge in [0.2, 0.25) is 0 Å². The van der Waals surface area contributed by atoms with E-state index in [9.17, 15) is 4.79 Å². The van der Waals surface area contributed by atoms with Crippen molar-refractivity contribution in [3.8, 4) is 0 Å². The molecule has 3 heteroatoms. The Labute approximate surface area is 98.8 Å². The van der Waals surface area contributed by atoms with Gasteiger partial charge >= 0.3 is 0 Å². The summed E-state index contributed by atoms with van der Waals surface area (Å²) in [7, 11) is 0. The van der Waals surface area contributed by atoms with Crippen LogP contribution in [0.2, 0.25) is 0 Å². The van der Waals surface area contributed by atoms with Crippen LogP contribution >= 0.6 is 0 Å². The number of aliphatic hydroxyl groups excluding tert-OH is 1. The van der Waals surface area contributed by atoms with Crippen LogP contribution in [0.4, 0.5) is 0 Å². The Kier molecular flexibility index (Phi) is 5.99. The minimum Gasteiger partial charge on any atom is -0.396 e. The summed E-state index contributed by atoms with van der Waals surface area (Å²) in [6, 6.07) is 0.423. The number of likely N-dealkylation sites (tertiary alicyclic amines) is 1.